The minimum Gasteiger partial charge on any atom is -0.497 e. The van der Waals surface area contributed by atoms with Crippen molar-refractivity contribution in [2.75, 3.05) is 7.11 Å². The summed E-state index contributed by atoms with van der Waals surface area (Å²) in [4.78, 5) is 0. The van der Waals surface area contributed by atoms with Gasteiger partial charge in [-0.3, -0.25) is 0 Å². The number of benzene rings is 1. The molecule has 0 amide bonds. The fraction of sp³-hybridized carbons (Fsp3) is 0.250. The van der Waals surface area contributed by atoms with Crippen LogP contribution in [0.4, 0.5) is 0 Å². The molecule has 2 rings (SSSR count). The molecule has 6 nitrogen and oxygen atoms in total. The summed E-state index contributed by atoms with van der Waals surface area (Å²) in [5.41, 5.74) is 1.77. The summed E-state index contributed by atoms with van der Waals surface area (Å²) in [6.45, 7) is 2.01. The Labute approximate surface area is 104 Å². The van der Waals surface area contributed by atoms with E-state index in [1.165, 1.54) is 7.11 Å². The van der Waals surface area contributed by atoms with E-state index in [9.17, 15) is 0 Å². The van der Waals surface area contributed by atoms with Gasteiger partial charge in [0.1, 0.15) is 29.5 Å². The average molecular weight is 245 g/mol. The first-order valence-electron chi connectivity index (χ1n) is 5.23. The average Bonchev–Trinajstić information content (AvgIpc) is 2.81. The summed E-state index contributed by atoms with van der Waals surface area (Å²) in [7, 11) is 1.53. The van der Waals surface area contributed by atoms with Gasteiger partial charge in [0.2, 0.25) is 0 Å². The number of aryl methyl sites for hydroxylation is 1. The van der Waals surface area contributed by atoms with Gasteiger partial charge >= 0.3 is 0 Å². The Morgan fingerprint density at radius 3 is 2.67 bits per heavy atom. The first kappa shape index (κ1) is 11.9. The lowest BCUT2D eigenvalue weighted by atomic mass is 10.2. The van der Waals surface area contributed by atoms with Crippen LogP contribution in [0.3, 0.4) is 0 Å². The Morgan fingerprint density at radius 2 is 2.06 bits per heavy atom. The van der Waals surface area contributed by atoms with Crippen molar-refractivity contribution in [3.8, 4) is 17.6 Å². The zero-order valence-corrected chi connectivity index (χ0v) is 10.0. The van der Waals surface area contributed by atoms with Crippen LogP contribution in [0.2, 0.25) is 0 Å². The summed E-state index contributed by atoms with van der Waals surface area (Å²) in [6.07, 6.45) is 0. The lowest BCUT2D eigenvalue weighted by Gasteiger charge is -2.07. The van der Waals surface area contributed by atoms with Crippen molar-refractivity contribution in [3.63, 3.8) is 0 Å². The minimum absolute atomic E-state index is 0.230. The van der Waals surface area contributed by atoms with E-state index in [1.807, 2.05) is 6.07 Å². The van der Waals surface area contributed by atoms with Crippen LogP contribution in [-0.4, -0.2) is 17.4 Å². The molecule has 18 heavy (non-hydrogen) atoms. The zero-order valence-electron chi connectivity index (χ0n) is 10.0. The molecule has 6 heteroatoms. The monoisotopic (exact) mass is 245 g/mol. The molecule has 0 radical (unpaired) electrons. The van der Waals surface area contributed by atoms with Gasteiger partial charge < -0.3 is 9.47 Å². The highest BCUT2D eigenvalue weighted by molar-refractivity contribution is 5.43. The molecule has 1 aromatic carbocycles. The number of aromatic nitrogens is 2. The molecule has 92 valence electrons. The largest absolute Gasteiger partial charge is 0.497 e. The molecule has 0 bridgehead atoms. The van der Waals surface area contributed by atoms with E-state index in [0.29, 0.717) is 28.5 Å². The molecule has 0 aliphatic heterocycles. The Hall–Kier alpha value is -2.55. The number of hydrogen-bond donors (Lipinski definition) is 0. The number of hydrogen-bond acceptors (Lipinski definition) is 6. The van der Waals surface area contributed by atoms with E-state index in [2.05, 4.69) is 14.9 Å². The topological polar surface area (TPSA) is 81.2 Å². The highest BCUT2D eigenvalue weighted by Gasteiger charge is 2.07. The van der Waals surface area contributed by atoms with E-state index in [4.69, 9.17) is 14.7 Å². The minimum atomic E-state index is 0.230. The molecule has 0 saturated heterocycles. The molecule has 0 unspecified atom stereocenters. The molecule has 0 N–H and O–H groups in total. The molecule has 0 saturated carbocycles. The van der Waals surface area contributed by atoms with E-state index < -0.39 is 0 Å². The van der Waals surface area contributed by atoms with Gasteiger partial charge in [-0.1, -0.05) is 10.3 Å². The summed E-state index contributed by atoms with van der Waals surface area (Å²) in [5.74, 6) is 1.10. The quantitative estimate of drug-likeness (QED) is 0.817. The van der Waals surface area contributed by atoms with E-state index in [-0.39, 0.29) is 6.61 Å². The Bertz CT molecular complexity index is 586. The van der Waals surface area contributed by atoms with Gasteiger partial charge in [-0.15, -0.1) is 0 Å². The van der Waals surface area contributed by atoms with Gasteiger partial charge in [0.05, 0.1) is 18.7 Å². The third-order valence-corrected chi connectivity index (χ3v) is 2.37. The third kappa shape index (κ3) is 2.58. The first-order chi connectivity index (χ1) is 8.72. The van der Waals surface area contributed by atoms with Crippen LogP contribution in [0.5, 0.6) is 11.5 Å². The van der Waals surface area contributed by atoms with Crippen LogP contribution in [0.25, 0.3) is 0 Å². The molecule has 0 fully saturated rings. The molecule has 1 aromatic heterocycles. The van der Waals surface area contributed by atoms with Crippen LogP contribution < -0.4 is 9.47 Å². The zero-order chi connectivity index (χ0) is 13.0. The number of methoxy groups -OCH3 is 1. The fourth-order valence-corrected chi connectivity index (χ4v) is 1.37. The lowest BCUT2D eigenvalue weighted by molar-refractivity contribution is 0.269. The third-order valence-electron chi connectivity index (χ3n) is 2.37. The maximum absolute atomic E-state index is 8.88. The van der Waals surface area contributed by atoms with E-state index in [1.54, 1.807) is 25.1 Å². The van der Waals surface area contributed by atoms with Crippen molar-refractivity contribution in [1.82, 2.24) is 10.3 Å². The predicted octanol–water partition coefficient (Wildman–Crippen LogP) is 1.84. The smallest absolute Gasteiger partial charge is 0.145 e. The summed E-state index contributed by atoms with van der Waals surface area (Å²) < 4.78 is 15.2. The second-order valence-electron chi connectivity index (χ2n) is 3.59. The Morgan fingerprint density at radius 1 is 1.28 bits per heavy atom. The van der Waals surface area contributed by atoms with Gasteiger partial charge in [-0.2, -0.15) is 5.26 Å². The number of nitrogens with zero attached hydrogens (tertiary/aromatic N) is 3. The number of ether oxygens (including phenoxy) is 2. The highest BCUT2D eigenvalue weighted by Crippen LogP contribution is 2.23. The van der Waals surface area contributed by atoms with Crippen molar-refractivity contribution in [2.45, 2.75) is 13.5 Å². The highest BCUT2D eigenvalue weighted by atomic mass is 16.6. The Kier molecular flexibility index (Phi) is 3.44. The van der Waals surface area contributed by atoms with Crippen LogP contribution in [-0.2, 0) is 6.61 Å². The van der Waals surface area contributed by atoms with Crippen LogP contribution in [0.15, 0.2) is 22.8 Å². The van der Waals surface area contributed by atoms with Gasteiger partial charge in [-0.05, 0) is 19.1 Å². The predicted molar refractivity (Wildman–Crippen MR) is 61.1 cm³/mol. The van der Waals surface area contributed by atoms with Crippen LogP contribution in [0.1, 0.15) is 17.0 Å². The van der Waals surface area contributed by atoms with Crippen molar-refractivity contribution >= 4 is 0 Å². The maximum atomic E-state index is 8.88. The lowest BCUT2D eigenvalue weighted by Crippen LogP contribution is -1.98. The molecule has 0 aliphatic rings. The second-order valence-corrected chi connectivity index (χ2v) is 3.59. The fourth-order valence-electron chi connectivity index (χ4n) is 1.37. The molecule has 1 heterocycles. The number of rotatable bonds is 4. The molecular formula is C12H11N3O3. The summed E-state index contributed by atoms with van der Waals surface area (Å²) >= 11 is 0. The standard InChI is InChI=1S/C12H11N3O3/c1-8-12(15-18-14-8)7-17-11-4-9(6-13)3-10(5-11)16-2/h3-5H,7H2,1-2H3. The number of nitriles is 1. The summed E-state index contributed by atoms with van der Waals surface area (Å²) in [5, 5.41) is 16.2. The first-order valence-corrected chi connectivity index (χ1v) is 5.23. The van der Waals surface area contributed by atoms with Crippen molar-refractivity contribution in [3.05, 3.63) is 35.2 Å². The van der Waals surface area contributed by atoms with Crippen molar-refractivity contribution in [1.29, 1.82) is 5.26 Å². The van der Waals surface area contributed by atoms with Crippen molar-refractivity contribution < 1.29 is 14.1 Å². The maximum Gasteiger partial charge on any atom is 0.145 e. The Balaban J connectivity index is 2.14. The molecule has 2 aromatic rings. The van der Waals surface area contributed by atoms with Crippen molar-refractivity contribution in [2.24, 2.45) is 0 Å². The molecular weight excluding hydrogens is 234 g/mol. The van der Waals surface area contributed by atoms with Gasteiger partial charge in [-0.25, -0.2) is 4.63 Å². The SMILES string of the molecule is COc1cc(C#N)cc(OCc2nonc2C)c1. The van der Waals surface area contributed by atoms with Crippen LogP contribution in [0, 0.1) is 18.3 Å². The van der Waals surface area contributed by atoms with E-state index in [0.717, 1.165) is 0 Å². The molecule has 0 spiro atoms. The summed E-state index contributed by atoms with van der Waals surface area (Å²) in [6, 6.07) is 7.00. The normalized spacial score (nSPS) is 9.83. The van der Waals surface area contributed by atoms with E-state index >= 15 is 0 Å². The molecule has 0 aliphatic carbocycles. The van der Waals surface area contributed by atoms with Gasteiger partial charge in [0.15, 0.2) is 0 Å². The molecule has 0 atom stereocenters. The van der Waals surface area contributed by atoms with Gasteiger partial charge in [0.25, 0.3) is 0 Å². The second kappa shape index (κ2) is 5.19. The van der Waals surface area contributed by atoms with Crippen LogP contribution >= 0.6 is 0 Å². The van der Waals surface area contributed by atoms with Gasteiger partial charge in [0, 0.05) is 6.07 Å².